The van der Waals surface area contributed by atoms with Crippen molar-refractivity contribution in [3.63, 3.8) is 0 Å². The van der Waals surface area contributed by atoms with Crippen molar-refractivity contribution < 1.29 is 8.78 Å². The molecule has 130 valence electrons. The van der Waals surface area contributed by atoms with Crippen molar-refractivity contribution in [2.45, 2.75) is 0 Å². The molecule has 2 heterocycles. The maximum atomic E-state index is 13.9. The molecule has 2 aromatic carbocycles. The number of aromatic nitrogens is 3. The number of hydrogen-bond donors (Lipinski definition) is 0. The second-order valence-corrected chi connectivity index (χ2v) is 5.48. The van der Waals surface area contributed by atoms with Crippen LogP contribution < -0.4 is 0 Å². The van der Waals surface area contributed by atoms with Crippen LogP contribution in [-0.2, 0) is 0 Å². The Morgan fingerprint density at radius 3 is 2.46 bits per heavy atom. The highest BCUT2D eigenvalue weighted by molar-refractivity contribution is 5.85. The van der Waals surface area contributed by atoms with Crippen molar-refractivity contribution in [2.75, 3.05) is 0 Å². The maximum absolute atomic E-state index is 13.9. The van der Waals surface area contributed by atoms with Crippen LogP contribution in [0.5, 0.6) is 0 Å². The van der Waals surface area contributed by atoms with Gasteiger partial charge in [-0.1, -0.05) is 18.2 Å². The van der Waals surface area contributed by atoms with Crippen molar-refractivity contribution in [1.82, 2.24) is 14.5 Å². The molecule has 0 aliphatic heterocycles. The van der Waals surface area contributed by atoms with E-state index < -0.39 is 11.6 Å². The number of benzene rings is 2. The van der Waals surface area contributed by atoms with E-state index >= 15 is 0 Å². The number of para-hydroxylation sites is 2. The first-order valence-corrected chi connectivity index (χ1v) is 7.74. The third-order valence-corrected chi connectivity index (χ3v) is 3.84. The molecule has 0 fully saturated rings. The molecule has 4 aromatic rings. The predicted octanol–water partition coefficient (Wildman–Crippen LogP) is 5.29. The first kappa shape index (κ1) is 17.8. The molecule has 0 spiro atoms. The number of fused-ring (bicyclic) bond motifs is 1. The summed E-state index contributed by atoms with van der Waals surface area (Å²) in [5.74, 6) is 0.117. The smallest absolute Gasteiger partial charge is 0.139 e. The minimum absolute atomic E-state index is 0. The summed E-state index contributed by atoms with van der Waals surface area (Å²) in [4.78, 5) is 8.97. The van der Waals surface area contributed by atoms with E-state index in [4.69, 9.17) is 0 Å². The monoisotopic (exact) mass is 369 g/mol. The van der Waals surface area contributed by atoms with Gasteiger partial charge in [-0.2, -0.15) is 0 Å². The summed E-state index contributed by atoms with van der Waals surface area (Å²) < 4.78 is 28.8. The molecule has 3 nitrogen and oxygen atoms in total. The van der Waals surface area contributed by atoms with Crippen molar-refractivity contribution >= 4 is 35.6 Å². The van der Waals surface area contributed by atoms with E-state index in [0.29, 0.717) is 11.4 Å². The Balaban J connectivity index is 0.00000196. The van der Waals surface area contributed by atoms with Gasteiger partial charge in [0.15, 0.2) is 0 Å². The lowest BCUT2D eigenvalue weighted by atomic mass is 10.2. The molecular formula is C20H14ClF2N3. The normalized spacial score (nSPS) is 11.0. The maximum Gasteiger partial charge on any atom is 0.139 e. The predicted molar refractivity (Wildman–Crippen MR) is 101 cm³/mol. The van der Waals surface area contributed by atoms with Gasteiger partial charge in [-0.05, 0) is 48.6 Å². The van der Waals surface area contributed by atoms with Gasteiger partial charge in [0.25, 0.3) is 0 Å². The summed E-state index contributed by atoms with van der Waals surface area (Å²) in [6, 6.07) is 16.8. The van der Waals surface area contributed by atoms with Crippen LogP contribution in [0.25, 0.3) is 29.0 Å². The number of pyridine rings is 1. The fraction of sp³-hybridized carbons (Fsp3) is 0. The Kier molecular flexibility index (Phi) is 5.09. The van der Waals surface area contributed by atoms with Crippen LogP contribution in [0.15, 0.2) is 66.9 Å². The number of imidazole rings is 1. The SMILES string of the molecule is Cl.Fc1ccc(/C=C/c2nc3ccccc3n2-c2ccccn2)c(F)c1. The van der Waals surface area contributed by atoms with Crippen LogP contribution in [0, 0.1) is 11.6 Å². The van der Waals surface area contributed by atoms with Crippen molar-refractivity contribution in [3.8, 4) is 5.82 Å². The van der Waals surface area contributed by atoms with Gasteiger partial charge >= 0.3 is 0 Å². The molecule has 26 heavy (non-hydrogen) atoms. The molecule has 0 amide bonds. The van der Waals surface area contributed by atoms with Gasteiger partial charge in [0, 0.05) is 17.8 Å². The molecule has 0 atom stereocenters. The molecule has 0 aliphatic carbocycles. The van der Waals surface area contributed by atoms with Crippen molar-refractivity contribution in [1.29, 1.82) is 0 Å². The van der Waals surface area contributed by atoms with E-state index in [2.05, 4.69) is 9.97 Å². The zero-order valence-corrected chi connectivity index (χ0v) is 14.3. The van der Waals surface area contributed by atoms with Crippen LogP contribution in [0.3, 0.4) is 0 Å². The lowest BCUT2D eigenvalue weighted by molar-refractivity contribution is 0.581. The van der Waals surface area contributed by atoms with Gasteiger partial charge in [0.2, 0.25) is 0 Å². The molecule has 0 unspecified atom stereocenters. The summed E-state index contributed by atoms with van der Waals surface area (Å²) in [5.41, 5.74) is 2.01. The van der Waals surface area contributed by atoms with E-state index in [1.165, 1.54) is 12.1 Å². The zero-order valence-electron chi connectivity index (χ0n) is 13.5. The Morgan fingerprint density at radius 1 is 0.885 bits per heavy atom. The molecule has 0 saturated heterocycles. The summed E-state index contributed by atoms with van der Waals surface area (Å²) in [5, 5.41) is 0. The minimum Gasteiger partial charge on any atom is -0.277 e. The van der Waals surface area contributed by atoms with E-state index in [-0.39, 0.29) is 12.4 Å². The molecule has 0 bridgehead atoms. The highest BCUT2D eigenvalue weighted by Gasteiger charge is 2.11. The van der Waals surface area contributed by atoms with E-state index in [9.17, 15) is 8.78 Å². The Bertz CT molecular complexity index is 1080. The van der Waals surface area contributed by atoms with Gasteiger partial charge in [0.1, 0.15) is 23.3 Å². The third-order valence-electron chi connectivity index (χ3n) is 3.84. The number of hydrogen-bond acceptors (Lipinski definition) is 2. The molecular weight excluding hydrogens is 356 g/mol. The number of rotatable bonds is 3. The second kappa shape index (κ2) is 7.45. The zero-order chi connectivity index (χ0) is 17.2. The molecule has 0 radical (unpaired) electrons. The van der Waals surface area contributed by atoms with Crippen molar-refractivity contribution in [2.24, 2.45) is 0 Å². The van der Waals surface area contributed by atoms with Crippen LogP contribution >= 0.6 is 12.4 Å². The fourth-order valence-corrected chi connectivity index (χ4v) is 2.68. The van der Waals surface area contributed by atoms with Crippen LogP contribution in [-0.4, -0.2) is 14.5 Å². The summed E-state index contributed by atoms with van der Waals surface area (Å²) in [6.07, 6.45) is 4.98. The lowest BCUT2D eigenvalue weighted by Gasteiger charge is -2.05. The molecule has 0 saturated carbocycles. The molecule has 0 N–H and O–H groups in total. The van der Waals surface area contributed by atoms with Gasteiger partial charge < -0.3 is 0 Å². The molecule has 0 aliphatic rings. The minimum atomic E-state index is -0.614. The highest BCUT2D eigenvalue weighted by atomic mass is 35.5. The highest BCUT2D eigenvalue weighted by Crippen LogP contribution is 2.22. The lowest BCUT2D eigenvalue weighted by Crippen LogP contribution is -1.99. The van der Waals surface area contributed by atoms with E-state index in [1.54, 1.807) is 18.3 Å². The molecule has 2 aromatic heterocycles. The Labute approximate surface area is 155 Å². The first-order chi connectivity index (χ1) is 12.2. The topological polar surface area (TPSA) is 30.7 Å². The quantitative estimate of drug-likeness (QED) is 0.491. The average Bonchev–Trinajstić information content (AvgIpc) is 3.00. The van der Waals surface area contributed by atoms with Gasteiger partial charge in [-0.15, -0.1) is 12.4 Å². The van der Waals surface area contributed by atoms with Crippen LogP contribution in [0.2, 0.25) is 0 Å². The summed E-state index contributed by atoms with van der Waals surface area (Å²) >= 11 is 0. The summed E-state index contributed by atoms with van der Waals surface area (Å²) in [6.45, 7) is 0. The summed E-state index contributed by atoms with van der Waals surface area (Å²) in [7, 11) is 0. The van der Waals surface area contributed by atoms with Gasteiger partial charge in [-0.25, -0.2) is 18.7 Å². The fourth-order valence-electron chi connectivity index (χ4n) is 2.68. The van der Waals surface area contributed by atoms with E-state index in [1.807, 2.05) is 47.0 Å². The second-order valence-electron chi connectivity index (χ2n) is 5.48. The first-order valence-electron chi connectivity index (χ1n) is 7.74. The van der Waals surface area contributed by atoms with Crippen LogP contribution in [0.1, 0.15) is 11.4 Å². The largest absolute Gasteiger partial charge is 0.277 e. The van der Waals surface area contributed by atoms with Gasteiger partial charge in [0.05, 0.1) is 11.0 Å². The van der Waals surface area contributed by atoms with Crippen molar-refractivity contribution in [3.05, 3.63) is 89.9 Å². The standard InChI is InChI=1S/C20H13F2N3.ClH/c21-15-10-8-14(16(22)13-15)9-11-20-24-17-5-1-2-6-18(17)25(20)19-7-3-4-12-23-19;/h1-13H;1H/b11-9+;. The Hall–Kier alpha value is -3.05. The van der Waals surface area contributed by atoms with E-state index in [0.717, 1.165) is 22.9 Å². The number of halogens is 3. The van der Waals surface area contributed by atoms with Crippen LogP contribution in [0.4, 0.5) is 8.78 Å². The number of nitrogens with zero attached hydrogens (tertiary/aromatic N) is 3. The van der Waals surface area contributed by atoms with Gasteiger partial charge in [-0.3, -0.25) is 4.57 Å². The average molecular weight is 370 g/mol. The Morgan fingerprint density at radius 2 is 1.69 bits per heavy atom. The molecule has 4 rings (SSSR count). The third kappa shape index (κ3) is 3.34. The molecule has 6 heteroatoms.